The Labute approximate surface area is 95.3 Å². The highest BCUT2D eigenvalue weighted by Gasteiger charge is 2.17. The maximum absolute atomic E-state index is 4.30. The third kappa shape index (κ3) is 2.01. The summed E-state index contributed by atoms with van der Waals surface area (Å²) in [7, 11) is 0. The maximum Gasteiger partial charge on any atom is 0.0874 e. The predicted octanol–water partition coefficient (Wildman–Crippen LogP) is 4.21. The molecule has 0 aliphatic carbocycles. The Morgan fingerprint density at radius 2 is 2.00 bits per heavy atom. The van der Waals surface area contributed by atoms with E-state index in [1.807, 2.05) is 5.41 Å². The van der Waals surface area contributed by atoms with Crippen LogP contribution in [0.25, 0.3) is 0 Å². The van der Waals surface area contributed by atoms with Crippen LogP contribution in [-0.4, -0.2) is 5.87 Å². The van der Waals surface area contributed by atoms with Gasteiger partial charge in [0.1, 0.15) is 0 Å². The summed E-state index contributed by atoms with van der Waals surface area (Å²) in [4.78, 5) is 5.57. The van der Waals surface area contributed by atoms with Gasteiger partial charge in [-0.2, -0.15) is 0 Å². The van der Waals surface area contributed by atoms with Crippen LogP contribution in [0.5, 0.6) is 0 Å². The van der Waals surface area contributed by atoms with E-state index >= 15 is 0 Å². The fraction of sp³-hybridized carbons (Fsp3) is 0.385. The summed E-state index contributed by atoms with van der Waals surface area (Å²) in [6.45, 7) is 8.83. The van der Waals surface area contributed by atoms with Gasteiger partial charge in [-0.25, -0.2) is 4.99 Å². The van der Waals surface area contributed by atoms with Gasteiger partial charge in [-0.1, -0.05) is 38.6 Å². The highest BCUT2D eigenvalue weighted by Crippen LogP contribution is 2.38. The van der Waals surface area contributed by atoms with Gasteiger partial charge in [0.05, 0.1) is 5.69 Å². The van der Waals surface area contributed by atoms with Crippen LogP contribution in [0.3, 0.4) is 0 Å². The van der Waals surface area contributed by atoms with E-state index in [0.29, 0.717) is 0 Å². The lowest BCUT2D eigenvalue weighted by Crippen LogP contribution is -2.11. The first-order valence-corrected chi connectivity index (χ1v) is 5.96. The normalized spacial score (nSPS) is 14.1. The quantitative estimate of drug-likeness (QED) is 0.634. The fourth-order valence-corrected chi connectivity index (χ4v) is 2.30. The van der Waals surface area contributed by atoms with Crippen molar-refractivity contribution >= 4 is 23.3 Å². The number of hydrogen-bond acceptors (Lipinski definition) is 2. The number of aliphatic imine (C=N–C) groups is 1. The molecule has 0 N–H and O–H groups in total. The van der Waals surface area contributed by atoms with Gasteiger partial charge in [0.15, 0.2) is 0 Å². The third-order valence-electron chi connectivity index (χ3n) is 2.54. The Hall–Kier alpha value is -0.980. The van der Waals surface area contributed by atoms with E-state index < -0.39 is 0 Å². The zero-order valence-electron chi connectivity index (χ0n) is 9.59. The van der Waals surface area contributed by atoms with Gasteiger partial charge < -0.3 is 0 Å². The second-order valence-corrected chi connectivity index (χ2v) is 5.75. The molecule has 1 aliphatic rings. The topological polar surface area (TPSA) is 12.4 Å². The van der Waals surface area contributed by atoms with E-state index in [9.17, 15) is 0 Å². The summed E-state index contributed by atoms with van der Waals surface area (Å²) in [6, 6.07) is 4.44. The van der Waals surface area contributed by atoms with Crippen molar-refractivity contribution in [1.29, 1.82) is 0 Å². The van der Waals surface area contributed by atoms with Crippen molar-refractivity contribution in [2.75, 3.05) is 0 Å². The molecule has 0 spiro atoms. The molecule has 1 aromatic rings. The van der Waals surface area contributed by atoms with Crippen LogP contribution >= 0.6 is 11.8 Å². The minimum atomic E-state index is 0.182. The SMILES string of the molecule is Cc1cc(C(C)(C)C)cc2c1SC=C=N2. The Morgan fingerprint density at radius 1 is 1.27 bits per heavy atom. The standard InChI is InChI=1S/C13H15NS/c1-9-7-10(13(2,3)4)8-11-12(9)15-6-5-14-11/h6-8H,1-4H3. The molecule has 78 valence electrons. The molecule has 0 radical (unpaired) electrons. The van der Waals surface area contributed by atoms with Gasteiger partial charge in [-0.05, 0) is 35.4 Å². The molecule has 0 fully saturated rings. The highest BCUT2D eigenvalue weighted by atomic mass is 32.2. The zero-order valence-corrected chi connectivity index (χ0v) is 10.4. The molecule has 15 heavy (non-hydrogen) atoms. The van der Waals surface area contributed by atoms with Crippen molar-refractivity contribution in [3.05, 3.63) is 28.7 Å². The Bertz CT molecular complexity index is 460. The summed E-state index contributed by atoms with van der Waals surface area (Å²) in [6.07, 6.45) is 0. The van der Waals surface area contributed by atoms with Crippen LogP contribution in [0.15, 0.2) is 27.4 Å². The van der Waals surface area contributed by atoms with Gasteiger partial charge in [-0.3, -0.25) is 0 Å². The van der Waals surface area contributed by atoms with E-state index in [1.54, 1.807) is 11.8 Å². The smallest absolute Gasteiger partial charge is 0.0874 e. The van der Waals surface area contributed by atoms with E-state index in [-0.39, 0.29) is 5.41 Å². The average Bonchev–Trinajstić information content (AvgIpc) is 2.16. The van der Waals surface area contributed by atoms with Crippen LogP contribution in [0.4, 0.5) is 5.69 Å². The van der Waals surface area contributed by atoms with Crippen molar-refractivity contribution in [3.8, 4) is 0 Å². The van der Waals surface area contributed by atoms with Gasteiger partial charge in [0.2, 0.25) is 0 Å². The van der Waals surface area contributed by atoms with Crippen LogP contribution < -0.4 is 0 Å². The molecule has 2 rings (SSSR count). The monoisotopic (exact) mass is 217 g/mol. The van der Waals surface area contributed by atoms with Gasteiger partial charge in [0, 0.05) is 10.3 Å². The molecule has 0 unspecified atom stereocenters. The van der Waals surface area contributed by atoms with Gasteiger partial charge >= 0.3 is 0 Å². The Balaban J connectivity index is 2.61. The highest BCUT2D eigenvalue weighted by molar-refractivity contribution is 8.02. The molecule has 0 bridgehead atoms. The number of benzene rings is 1. The minimum Gasteiger partial charge on any atom is -0.205 e. The second-order valence-electron chi connectivity index (χ2n) is 4.87. The predicted molar refractivity (Wildman–Crippen MR) is 67.4 cm³/mol. The number of aryl methyl sites for hydroxylation is 1. The van der Waals surface area contributed by atoms with Crippen LogP contribution in [0, 0.1) is 6.92 Å². The number of rotatable bonds is 0. The van der Waals surface area contributed by atoms with Crippen molar-refractivity contribution < 1.29 is 0 Å². The Morgan fingerprint density at radius 3 is 2.67 bits per heavy atom. The second kappa shape index (κ2) is 3.55. The molecule has 1 heterocycles. The fourth-order valence-electron chi connectivity index (χ4n) is 1.61. The van der Waals surface area contributed by atoms with E-state index in [1.165, 1.54) is 16.0 Å². The Kier molecular flexibility index (Phi) is 2.49. The molecule has 0 saturated carbocycles. The molecular weight excluding hydrogens is 202 g/mol. The van der Waals surface area contributed by atoms with E-state index in [0.717, 1.165) is 5.69 Å². The molecule has 1 aliphatic heterocycles. The lowest BCUT2D eigenvalue weighted by Gasteiger charge is -2.21. The van der Waals surface area contributed by atoms with Gasteiger partial charge in [-0.15, -0.1) is 0 Å². The first kappa shape index (κ1) is 10.5. The zero-order chi connectivity index (χ0) is 11.1. The molecule has 2 heteroatoms. The maximum atomic E-state index is 4.30. The molecule has 1 aromatic carbocycles. The number of nitrogens with zero attached hydrogens (tertiary/aromatic N) is 1. The molecule has 0 atom stereocenters. The third-order valence-corrected chi connectivity index (χ3v) is 3.53. The van der Waals surface area contributed by atoms with Crippen molar-refractivity contribution in [2.24, 2.45) is 4.99 Å². The van der Waals surface area contributed by atoms with Crippen molar-refractivity contribution in [2.45, 2.75) is 38.0 Å². The molecule has 1 nitrogen and oxygen atoms in total. The molecular formula is C13H15NS. The van der Waals surface area contributed by atoms with Crippen LogP contribution in [0.2, 0.25) is 0 Å². The van der Waals surface area contributed by atoms with E-state index in [4.69, 9.17) is 0 Å². The number of thioether (sulfide) groups is 1. The average molecular weight is 217 g/mol. The lowest BCUT2D eigenvalue weighted by atomic mass is 9.86. The molecule has 0 aromatic heterocycles. The summed E-state index contributed by atoms with van der Waals surface area (Å²) in [5.74, 6) is 2.91. The largest absolute Gasteiger partial charge is 0.205 e. The summed E-state index contributed by atoms with van der Waals surface area (Å²) >= 11 is 1.70. The molecule has 0 amide bonds. The van der Waals surface area contributed by atoms with Crippen molar-refractivity contribution in [3.63, 3.8) is 0 Å². The number of fused-ring (bicyclic) bond motifs is 1. The summed E-state index contributed by atoms with van der Waals surface area (Å²) in [5, 5.41) is 1.91. The molecule has 0 saturated heterocycles. The number of hydrogen-bond donors (Lipinski definition) is 0. The van der Waals surface area contributed by atoms with Crippen LogP contribution in [-0.2, 0) is 5.41 Å². The van der Waals surface area contributed by atoms with Crippen molar-refractivity contribution in [1.82, 2.24) is 0 Å². The first-order valence-electron chi connectivity index (χ1n) is 5.08. The lowest BCUT2D eigenvalue weighted by molar-refractivity contribution is 0.589. The summed E-state index contributed by atoms with van der Waals surface area (Å²) < 4.78 is 0. The van der Waals surface area contributed by atoms with Gasteiger partial charge in [0.25, 0.3) is 0 Å². The van der Waals surface area contributed by atoms with Crippen LogP contribution in [0.1, 0.15) is 31.9 Å². The summed E-state index contributed by atoms with van der Waals surface area (Å²) in [5.41, 5.74) is 3.89. The van der Waals surface area contributed by atoms with E-state index in [2.05, 4.69) is 50.7 Å². The first-order chi connectivity index (χ1) is 6.98. The minimum absolute atomic E-state index is 0.182.